The van der Waals surface area contributed by atoms with Crippen LogP contribution in [0.1, 0.15) is 10.4 Å². The number of rotatable bonds is 3. The Kier molecular flexibility index (Phi) is 3.39. The smallest absolute Gasteiger partial charge is 0.339 e. The summed E-state index contributed by atoms with van der Waals surface area (Å²) in [4.78, 5) is 21.7. The van der Waals surface area contributed by atoms with Gasteiger partial charge < -0.3 is 9.47 Å². The van der Waals surface area contributed by atoms with Crippen LogP contribution in [0.15, 0.2) is 22.7 Å². The largest absolute Gasteiger partial charge is 0.454 e. The Labute approximate surface area is 105 Å². The average Bonchev–Trinajstić information content (AvgIpc) is 2.23. The van der Waals surface area contributed by atoms with Gasteiger partial charge in [-0.3, -0.25) is 10.1 Å². The van der Waals surface area contributed by atoms with Crippen molar-refractivity contribution in [2.24, 2.45) is 0 Å². The van der Waals surface area contributed by atoms with E-state index < -0.39 is 10.9 Å². The van der Waals surface area contributed by atoms with E-state index in [1.165, 1.54) is 18.2 Å². The fourth-order valence-corrected chi connectivity index (χ4v) is 1.69. The monoisotopic (exact) mass is 301 g/mol. The summed E-state index contributed by atoms with van der Waals surface area (Å²) < 4.78 is 10.4. The van der Waals surface area contributed by atoms with Crippen LogP contribution >= 0.6 is 15.9 Å². The standard InChI is InChI=1S/C10H8BrNO5/c11-9-2-1-6(12(14)15)3-8(9)10(13)17-7-4-16-5-7/h1-3,7H,4-5H2. The second-order valence-corrected chi connectivity index (χ2v) is 4.34. The molecule has 1 aliphatic rings. The minimum Gasteiger partial charge on any atom is -0.454 e. The Hall–Kier alpha value is -1.47. The molecule has 6 nitrogen and oxygen atoms in total. The summed E-state index contributed by atoms with van der Waals surface area (Å²) in [5, 5.41) is 10.6. The van der Waals surface area contributed by atoms with E-state index in [1.54, 1.807) is 0 Å². The fraction of sp³-hybridized carbons (Fsp3) is 0.300. The molecule has 1 aromatic carbocycles. The van der Waals surface area contributed by atoms with Crippen molar-refractivity contribution < 1.29 is 19.2 Å². The van der Waals surface area contributed by atoms with Crippen molar-refractivity contribution in [2.75, 3.05) is 13.2 Å². The van der Waals surface area contributed by atoms with E-state index in [1.807, 2.05) is 0 Å². The molecule has 0 atom stereocenters. The highest BCUT2D eigenvalue weighted by Gasteiger charge is 2.25. The second-order valence-electron chi connectivity index (χ2n) is 3.49. The summed E-state index contributed by atoms with van der Waals surface area (Å²) in [6.45, 7) is 0.747. The summed E-state index contributed by atoms with van der Waals surface area (Å²) in [6, 6.07) is 3.95. The fourth-order valence-electron chi connectivity index (χ4n) is 1.28. The Morgan fingerprint density at radius 1 is 1.53 bits per heavy atom. The van der Waals surface area contributed by atoms with E-state index in [2.05, 4.69) is 15.9 Å². The molecule has 1 saturated heterocycles. The molecule has 0 unspecified atom stereocenters. The minimum absolute atomic E-state index is 0.145. The van der Waals surface area contributed by atoms with Gasteiger partial charge in [0.05, 0.1) is 23.7 Å². The van der Waals surface area contributed by atoms with Crippen LogP contribution in [0.25, 0.3) is 0 Å². The molecular weight excluding hydrogens is 294 g/mol. The molecule has 0 bridgehead atoms. The van der Waals surface area contributed by atoms with Gasteiger partial charge in [0.2, 0.25) is 0 Å². The highest BCUT2D eigenvalue weighted by Crippen LogP contribution is 2.24. The lowest BCUT2D eigenvalue weighted by Crippen LogP contribution is -2.37. The van der Waals surface area contributed by atoms with Gasteiger partial charge in [0.15, 0.2) is 0 Å². The van der Waals surface area contributed by atoms with E-state index in [4.69, 9.17) is 9.47 Å². The molecule has 2 rings (SSSR count). The van der Waals surface area contributed by atoms with Gasteiger partial charge in [0.1, 0.15) is 6.10 Å². The molecule has 1 aliphatic heterocycles. The van der Waals surface area contributed by atoms with Crippen molar-refractivity contribution >= 4 is 27.6 Å². The number of ether oxygens (including phenoxy) is 2. The lowest BCUT2D eigenvalue weighted by molar-refractivity contribution is -0.384. The van der Waals surface area contributed by atoms with Gasteiger partial charge in [-0.05, 0) is 22.0 Å². The SMILES string of the molecule is O=C(OC1COC1)c1cc([N+](=O)[O-])ccc1Br. The maximum atomic E-state index is 11.7. The zero-order valence-electron chi connectivity index (χ0n) is 8.59. The van der Waals surface area contributed by atoms with E-state index in [9.17, 15) is 14.9 Å². The van der Waals surface area contributed by atoms with Gasteiger partial charge in [-0.25, -0.2) is 4.79 Å². The summed E-state index contributed by atoms with van der Waals surface area (Å²) >= 11 is 3.16. The zero-order valence-corrected chi connectivity index (χ0v) is 10.2. The molecule has 1 aromatic rings. The topological polar surface area (TPSA) is 78.7 Å². The van der Waals surface area contributed by atoms with E-state index in [0.717, 1.165) is 0 Å². The quantitative estimate of drug-likeness (QED) is 0.484. The van der Waals surface area contributed by atoms with Crippen LogP contribution in [0.5, 0.6) is 0 Å². The van der Waals surface area contributed by atoms with Crippen LogP contribution in [-0.2, 0) is 9.47 Å². The van der Waals surface area contributed by atoms with Crippen LogP contribution in [0, 0.1) is 10.1 Å². The molecule has 1 heterocycles. The Morgan fingerprint density at radius 3 is 2.76 bits per heavy atom. The molecule has 0 saturated carbocycles. The first-order valence-electron chi connectivity index (χ1n) is 4.80. The number of carbonyl (C=O) groups is 1. The zero-order chi connectivity index (χ0) is 12.4. The molecular formula is C10H8BrNO5. The van der Waals surface area contributed by atoms with Crippen LogP contribution in [0.2, 0.25) is 0 Å². The lowest BCUT2D eigenvalue weighted by Gasteiger charge is -2.25. The van der Waals surface area contributed by atoms with Crippen molar-refractivity contribution in [2.45, 2.75) is 6.10 Å². The van der Waals surface area contributed by atoms with E-state index in [0.29, 0.717) is 17.7 Å². The van der Waals surface area contributed by atoms with E-state index >= 15 is 0 Å². The second kappa shape index (κ2) is 4.80. The summed E-state index contributed by atoms with van der Waals surface area (Å²) in [6.07, 6.45) is -0.256. The summed E-state index contributed by atoms with van der Waals surface area (Å²) in [5.74, 6) is -0.589. The van der Waals surface area contributed by atoms with Crippen LogP contribution < -0.4 is 0 Å². The normalized spacial score (nSPS) is 15.1. The summed E-state index contributed by atoms with van der Waals surface area (Å²) in [5.41, 5.74) is -0.00360. The number of nitro groups is 1. The third-order valence-electron chi connectivity index (χ3n) is 2.26. The maximum absolute atomic E-state index is 11.7. The molecule has 17 heavy (non-hydrogen) atoms. The van der Waals surface area contributed by atoms with Gasteiger partial charge in [-0.2, -0.15) is 0 Å². The molecule has 0 aromatic heterocycles. The van der Waals surface area contributed by atoms with E-state index in [-0.39, 0.29) is 17.4 Å². The van der Waals surface area contributed by atoms with Gasteiger partial charge in [-0.1, -0.05) is 0 Å². The number of carbonyl (C=O) groups excluding carboxylic acids is 1. The number of nitro benzene ring substituents is 1. The van der Waals surface area contributed by atoms with Crippen molar-refractivity contribution in [1.82, 2.24) is 0 Å². The molecule has 1 fully saturated rings. The van der Waals surface area contributed by atoms with Gasteiger partial charge in [-0.15, -0.1) is 0 Å². The van der Waals surface area contributed by atoms with Crippen LogP contribution in [-0.4, -0.2) is 30.2 Å². The highest BCUT2D eigenvalue weighted by atomic mass is 79.9. The van der Waals surface area contributed by atoms with Crippen molar-refractivity contribution in [3.63, 3.8) is 0 Å². The third-order valence-corrected chi connectivity index (χ3v) is 2.95. The Balaban J connectivity index is 2.20. The molecule has 0 aliphatic carbocycles. The van der Waals surface area contributed by atoms with Crippen molar-refractivity contribution in [1.29, 1.82) is 0 Å². The van der Waals surface area contributed by atoms with Crippen molar-refractivity contribution in [3.8, 4) is 0 Å². The van der Waals surface area contributed by atoms with Gasteiger partial charge in [0.25, 0.3) is 5.69 Å². The van der Waals surface area contributed by atoms with Crippen LogP contribution in [0.4, 0.5) is 5.69 Å². The molecule has 0 radical (unpaired) electrons. The lowest BCUT2D eigenvalue weighted by atomic mass is 10.2. The number of non-ortho nitro benzene ring substituents is 1. The highest BCUT2D eigenvalue weighted by molar-refractivity contribution is 9.10. The first-order chi connectivity index (χ1) is 8.08. The summed E-state index contributed by atoms with van der Waals surface area (Å²) in [7, 11) is 0. The number of halogens is 1. The Morgan fingerprint density at radius 2 is 2.24 bits per heavy atom. The van der Waals surface area contributed by atoms with Crippen molar-refractivity contribution in [3.05, 3.63) is 38.3 Å². The predicted octanol–water partition coefficient (Wildman–Crippen LogP) is 1.91. The number of hydrogen-bond donors (Lipinski definition) is 0. The average molecular weight is 302 g/mol. The molecule has 7 heteroatoms. The van der Waals surface area contributed by atoms with Crippen LogP contribution in [0.3, 0.4) is 0 Å². The number of nitrogens with zero attached hydrogens (tertiary/aromatic N) is 1. The molecule has 0 amide bonds. The maximum Gasteiger partial charge on any atom is 0.339 e. The number of benzene rings is 1. The minimum atomic E-state index is -0.589. The third kappa shape index (κ3) is 2.62. The Bertz CT molecular complexity index is 472. The molecule has 0 spiro atoms. The number of esters is 1. The first kappa shape index (κ1) is 12.0. The van der Waals surface area contributed by atoms with Gasteiger partial charge in [0, 0.05) is 16.6 Å². The number of hydrogen-bond acceptors (Lipinski definition) is 5. The first-order valence-corrected chi connectivity index (χ1v) is 5.60. The molecule has 0 N–H and O–H groups in total. The van der Waals surface area contributed by atoms with Gasteiger partial charge >= 0.3 is 5.97 Å². The predicted molar refractivity (Wildman–Crippen MR) is 60.8 cm³/mol. The molecule has 90 valence electrons.